The minimum absolute atomic E-state index is 0.281. The van der Waals surface area contributed by atoms with Gasteiger partial charge in [0.15, 0.2) is 0 Å². The van der Waals surface area contributed by atoms with Gasteiger partial charge in [0.25, 0.3) is 0 Å². The smallest absolute Gasteiger partial charge is 0.235 e. The molecular formula is C10H7ClOS2. The fourth-order valence-corrected chi connectivity index (χ4v) is 3.40. The van der Waals surface area contributed by atoms with Crippen molar-refractivity contribution >= 4 is 39.5 Å². The van der Waals surface area contributed by atoms with Crippen molar-refractivity contribution in [3.8, 4) is 0 Å². The van der Waals surface area contributed by atoms with Gasteiger partial charge in [0.05, 0.1) is 0 Å². The molecule has 4 heteroatoms. The number of hydrogen-bond donors (Lipinski definition) is 0. The second-order valence-corrected chi connectivity index (χ2v) is 5.10. The summed E-state index contributed by atoms with van der Waals surface area (Å²) >= 11 is 8.72. The maximum Gasteiger partial charge on any atom is 0.235 e. The number of carbonyl (C=O) groups excluding carboxylic acids is 1. The summed E-state index contributed by atoms with van der Waals surface area (Å²) in [6.45, 7) is 0. The number of rotatable bonds is 3. The van der Waals surface area contributed by atoms with Crippen molar-refractivity contribution in [3.63, 3.8) is 0 Å². The summed E-state index contributed by atoms with van der Waals surface area (Å²) in [4.78, 5) is 13.3. The second kappa shape index (κ2) is 4.26. The van der Waals surface area contributed by atoms with Crippen LogP contribution in [-0.2, 0) is 4.79 Å². The van der Waals surface area contributed by atoms with Gasteiger partial charge in [-0.15, -0.1) is 22.7 Å². The van der Waals surface area contributed by atoms with Crippen LogP contribution in [0.3, 0.4) is 0 Å². The highest BCUT2D eigenvalue weighted by Crippen LogP contribution is 2.32. The molecule has 2 heterocycles. The molecule has 2 aromatic rings. The molecule has 1 nitrogen and oxygen atoms in total. The Morgan fingerprint density at radius 3 is 1.93 bits per heavy atom. The Balaban J connectivity index is 2.40. The van der Waals surface area contributed by atoms with Crippen LogP contribution in [0.1, 0.15) is 15.7 Å². The van der Waals surface area contributed by atoms with E-state index in [0.717, 1.165) is 9.75 Å². The highest BCUT2D eigenvalue weighted by Gasteiger charge is 2.22. The van der Waals surface area contributed by atoms with Gasteiger partial charge in [0.2, 0.25) is 5.24 Å². The molecule has 0 saturated heterocycles. The van der Waals surface area contributed by atoms with Gasteiger partial charge in [0.1, 0.15) is 5.92 Å². The Bertz CT molecular complexity index is 371. The Hall–Kier alpha value is -0.640. The summed E-state index contributed by atoms with van der Waals surface area (Å²) in [7, 11) is 0. The first-order chi connectivity index (χ1) is 6.79. The van der Waals surface area contributed by atoms with Gasteiger partial charge in [-0.2, -0.15) is 0 Å². The minimum Gasteiger partial charge on any atom is -0.280 e. The van der Waals surface area contributed by atoms with Crippen LogP contribution in [0, 0.1) is 0 Å². The zero-order chi connectivity index (χ0) is 9.97. The average molecular weight is 243 g/mol. The molecule has 72 valence electrons. The molecule has 0 aliphatic heterocycles. The average Bonchev–Trinajstić information content (AvgIpc) is 2.75. The summed E-state index contributed by atoms with van der Waals surface area (Å²) in [5.41, 5.74) is 0. The van der Waals surface area contributed by atoms with Crippen molar-refractivity contribution in [1.29, 1.82) is 0 Å². The van der Waals surface area contributed by atoms with Gasteiger partial charge < -0.3 is 0 Å². The lowest BCUT2D eigenvalue weighted by Crippen LogP contribution is -2.04. The first kappa shape index (κ1) is 9.90. The van der Waals surface area contributed by atoms with Crippen molar-refractivity contribution in [2.75, 3.05) is 0 Å². The van der Waals surface area contributed by atoms with Crippen LogP contribution in [0.15, 0.2) is 35.0 Å². The lowest BCUT2D eigenvalue weighted by molar-refractivity contribution is -0.112. The topological polar surface area (TPSA) is 17.1 Å². The van der Waals surface area contributed by atoms with Crippen LogP contribution >= 0.6 is 34.3 Å². The first-order valence-electron chi connectivity index (χ1n) is 4.05. The number of thiophene rings is 2. The molecule has 0 aliphatic carbocycles. The molecule has 0 saturated carbocycles. The molecule has 0 atom stereocenters. The molecule has 0 aromatic carbocycles. The van der Waals surface area contributed by atoms with E-state index in [4.69, 9.17) is 11.6 Å². The molecule has 0 N–H and O–H groups in total. The highest BCUT2D eigenvalue weighted by atomic mass is 35.5. The zero-order valence-corrected chi connectivity index (χ0v) is 9.53. The van der Waals surface area contributed by atoms with Crippen LogP contribution in [0.2, 0.25) is 0 Å². The zero-order valence-electron chi connectivity index (χ0n) is 7.14. The van der Waals surface area contributed by atoms with E-state index in [1.165, 1.54) is 0 Å². The van der Waals surface area contributed by atoms with E-state index in [1.807, 2.05) is 35.0 Å². The van der Waals surface area contributed by atoms with Crippen molar-refractivity contribution < 1.29 is 4.79 Å². The monoisotopic (exact) mass is 242 g/mol. The first-order valence-corrected chi connectivity index (χ1v) is 6.19. The summed E-state index contributed by atoms with van der Waals surface area (Å²) in [6.07, 6.45) is 0. The van der Waals surface area contributed by atoms with Crippen LogP contribution in [0.4, 0.5) is 0 Å². The van der Waals surface area contributed by atoms with Crippen molar-refractivity contribution in [2.45, 2.75) is 5.92 Å². The molecule has 2 aromatic heterocycles. The maximum absolute atomic E-state index is 11.3. The van der Waals surface area contributed by atoms with Gasteiger partial charge in [-0.05, 0) is 34.5 Å². The molecule has 0 bridgehead atoms. The van der Waals surface area contributed by atoms with Crippen LogP contribution in [0.5, 0.6) is 0 Å². The van der Waals surface area contributed by atoms with E-state index >= 15 is 0 Å². The lowest BCUT2D eigenvalue weighted by Gasteiger charge is -2.07. The quantitative estimate of drug-likeness (QED) is 0.750. The fraction of sp³-hybridized carbons (Fsp3) is 0.100. The Kier molecular flexibility index (Phi) is 3.01. The molecule has 0 spiro atoms. The van der Waals surface area contributed by atoms with Crippen molar-refractivity contribution in [1.82, 2.24) is 0 Å². The Labute approximate surface area is 95.0 Å². The Morgan fingerprint density at radius 2 is 1.64 bits per heavy atom. The fourth-order valence-electron chi connectivity index (χ4n) is 1.27. The van der Waals surface area contributed by atoms with Crippen LogP contribution in [-0.4, -0.2) is 5.24 Å². The summed E-state index contributed by atoms with van der Waals surface area (Å²) in [5, 5.41) is 3.60. The molecule has 0 aliphatic rings. The third kappa shape index (κ3) is 1.90. The van der Waals surface area contributed by atoms with Crippen LogP contribution in [0.25, 0.3) is 0 Å². The van der Waals surface area contributed by atoms with E-state index in [9.17, 15) is 4.79 Å². The normalized spacial score (nSPS) is 10.7. The van der Waals surface area contributed by atoms with E-state index < -0.39 is 0 Å². The minimum atomic E-state index is -0.310. The molecule has 0 unspecified atom stereocenters. The molecule has 14 heavy (non-hydrogen) atoms. The summed E-state index contributed by atoms with van der Waals surface area (Å²) in [6, 6.07) is 7.74. The van der Waals surface area contributed by atoms with Crippen molar-refractivity contribution in [2.24, 2.45) is 0 Å². The third-order valence-corrected chi connectivity index (χ3v) is 3.97. The molecule has 0 radical (unpaired) electrons. The van der Waals surface area contributed by atoms with E-state index in [-0.39, 0.29) is 11.2 Å². The standard InChI is InChI=1S/C10H7ClOS2/c11-10(12)9(7-3-1-5-13-7)8-4-2-6-14-8/h1-6,9H. The lowest BCUT2D eigenvalue weighted by atomic mass is 10.1. The van der Waals surface area contributed by atoms with Gasteiger partial charge in [-0.25, -0.2) is 0 Å². The summed E-state index contributed by atoms with van der Waals surface area (Å²) in [5.74, 6) is -0.281. The number of halogens is 1. The van der Waals surface area contributed by atoms with Gasteiger partial charge in [-0.3, -0.25) is 4.79 Å². The Morgan fingerprint density at radius 1 is 1.14 bits per heavy atom. The number of carbonyl (C=O) groups is 1. The third-order valence-electron chi connectivity index (χ3n) is 1.88. The van der Waals surface area contributed by atoms with Crippen molar-refractivity contribution in [3.05, 3.63) is 44.8 Å². The van der Waals surface area contributed by atoms with Gasteiger partial charge in [0, 0.05) is 9.75 Å². The molecule has 0 amide bonds. The van der Waals surface area contributed by atoms with E-state index in [1.54, 1.807) is 22.7 Å². The largest absolute Gasteiger partial charge is 0.280 e. The predicted octanol–water partition coefficient (Wildman–Crippen LogP) is 3.71. The SMILES string of the molecule is O=C(Cl)C(c1cccs1)c1cccs1. The maximum atomic E-state index is 11.3. The van der Waals surface area contributed by atoms with E-state index in [2.05, 4.69) is 0 Å². The molecule has 2 rings (SSSR count). The van der Waals surface area contributed by atoms with E-state index in [0.29, 0.717) is 0 Å². The summed E-state index contributed by atoms with van der Waals surface area (Å²) < 4.78 is 0. The van der Waals surface area contributed by atoms with Gasteiger partial charge >= 0.3 is 0 Å². The molecular weight excluding hydrogens is 236 g/mol. The second-order valence-electron chi connectivity index (χ2n) is 2.77. The molecule has 0 fully saturated rings. The highest BCUT2D eigenvalue weighted by molar-refractivity contribution is 7.12. The predicted molar refractivity (Wildman–Crippen MR) is 61.3 cm³/mol. The van der Waals surface area contributed by atoms with Crippen LogP contribution < -0.4 is 0 Å². The van der Waals surface area contributed by atoms with Gasteiger partial charge in [-0.1, -0.05) is 12.1 Å². The number of hydrogen-bond acceptors (Lipinski definition) is 3.